The van der Waals surface area contributed by atoms with Crippen LogP contribution < -0.4 is 20.1 Å². The van der Waals surface area contributed by atoms with Gasteiger partial charge in [-0.05, 0) is 79.6 Å². The van der Waals surface area contributed by atoms with E-state index >= 15 is 0 Å². The maximum absolute atomic E-state index is 6.03. The number of rotatable bonds is 10. The monoisotopic (exact) mass is 448 g/mol. The summed E-state index contributed by atoms with van der Waals surface area (Å²) in [7, 11) is 0. The maximum atomic E-state index is 6.03. The van der Waals surface area contributed by atoms with E-state index in [0.717, 1.165) is 79.7 Å². The Morgan fingerprint density at radius 1 is 0.697 bits per heavy atom. The first-order valence-corrected chi connectivity index (χ1v) is 12.2. The van der Waals surface area contributed by atoms with Gasteiger partial charge in [-0.25, -0.2) is 0 Å². The van der Waals surface area contributed by atoms with Gasteiger partial charge in [0, 0.05) is 37.3 Å². The molecule has 2 aliphatic rings. The van der Waals surface area contributed by atoms with Crippen molar-refractivity contribution in [3.8, 4) is 11.5 Å². The first kappa shape index (κ1) is 23.1. The zero-order valence-electron chi connectivity index (χ0n) is 19.8. The fourth-order valence-corrected chi connectivity index (χ4v) is 4.17. The Bertz CT molecular complexity index is 860. The summed E-state index contributed by atoms with van der Waals surface area (Å²) in [6.45, 7) is 9.66. The van der Waals surface area contributed by atoms with Crippen molar-refractivity contribution in [2.24, 2.45) is 21.8 Å². The number of benzene rings is 2. The molecular weight excluding hydrogens is 412 g/mol. The number of hydrogen-bond donors (Lipinski definition) is 2. The first-order valence-electron chi connectivity index (χ1n) is 12.2. The molecule has 2 heterocycles. The fourth-order valence-electron chi connectivity index (χ4n) is 4.17. The van der Waals surface area contributed by atoms with Crippen molar-refractivity contribution in [2.75, 3.05) is 39.4 Å². The van der Waals surface area contributed by atoms with E-state index in [4.69, 9.17) is 9.47 Å². The second-order valence-electron chi connectivity index (χ2n) is 9.14. The summed E-state index contributed by atoms with van der Waals surface area (Å²) in [6, 6.07) is 16.4. The Kier molecular flexibility index (Phi) is 8.23. The summed E-state index contributed by atoms with van der Waals surface area (Å²) < 4.78 is 12.1. The molecule has 2 aromatic rings. The zero-order chi connectivity index (χ0) is 22.9. The SMILES string of the molecule is CC(COc1ccc(C2=NCCCN2)cc1)C[C@H](C)COc1ccc(C2=NCCCN2)cc1. The summed E-state index contributed by atoms with van der Waals surface area (Å²) in [5.74, 6) is 4.69. The molecule has 1 unspecified atom stereocenters. The first-order chi connectivity index (χ1) is 16.2. The highest BCUT2D eigenvalue weighted by molar-refractivity contribution is 5.99. The average molecular weight is 449 g/mol. The molecular formula is C27H36N4O2. The molecule has 176 valence electrons. The van der Waals surface area contributed by atoms with E-state index in [9.17, 15) is 0 Å². The minimum absolute atomic E-state index is 0.449. The summed E-state index contributed by atoms with van der Waals surface area (Å²) in [4.78, 5) is 9.09. The van der Waals surface area contributed by atoms with Gasteiger partial charge in [-0.15, -0.1) is 0 Å². The largest absolute Gasteiger partial charge is 0.493 e. The van der Waals surface area contributed by atoms with Gasteiger partial charge in [0.1, 0.15) is 23.2 Å². The van der Waals surface area contributed by atoms with E-state index in [2.05, 4.69) is 58.7 Å². The molecule has 4 rings (SSSR count). The molecule has 2 aromatic carbocycles. The predicted molar refractivity (Wildman–Crippen MR) is 135 cm³/mol. The molecule has 0 spiro atoms. The Labute approximate surface area is 197 Å². The van der Waals surface area contributed by atoms with E-state index in [0.29, 0.717) is 25.0 Å². The molecule has 0 bridgehead atoms. The van der Waals surface area contributed by atoms with Gasteiger partial charge >= 0.3 is 0 Å². The van der Waals surface area contributed by atoms with Crippen molar-refractivity contribution < 1.29 is 9.47 Å². The van der Waals surface area contributed by atoms with E-state index in [1.54, 1.807) is 0 Å². The normalized spacial score (nSPS) is 17.6. The average Bonchev–Trinajstić information content (AvgIpc) is 2.88. The third kappa shape index (κ3) is 6.98. The van der Waals surface area contributed by atoms with Crippen LogP contribution in [-0.4, -0.2) is 51.1 Å². The molecule has 0 saturated heterocycles. The van der Waals surface area contributed by atoms with Crippen molar-refractivity contribution in [1.29, 1.82) is 0 Å². The zero-order valence-corrected chi connectivity index (χ0v) is 19.8. The van der Waals surface area contributed by atoms with Crippen LogP contribution in [0, 0.1) is 11.8 Å². The van der Waals surface area contributed by atoms with Crippen LogP contribution in [0.3, 0.4) is 0 Å². The van der Waals surface area contributed by atoms with Crippen molar-refractivity contribution >= 4 is 11.7 Å². The highest BCUT2D eigenvalue weighted by Crippen LogP contribution is 2.19. The van der Waals surface area contributed by atoms with E-state index in [-0.39, 0.29) is 0 Å². The van der Waals surface area contributed by atoms with Crippen LogP contribution in [0.25, 0.3) is 0 Å². The summed E-state index contributed by atoms with van der Waals surface area (Å²) in [5, 5.41) is 6.71. The highest BCUT2D eigenvalue weighted by Gasteiger charge is 2.12. The third-order valence-corrected chi connectivity index (χ3v) is 5.92. The summed E-state index contributed by atoms with van der Waals surface area (Å²) in [5.41, 5.74) is 2.24. The quantitative estimate of drug-likeness (QED) is 0.569. The minimum Gasteiger partial charge on any atom is -0.493 e. The molecule has 2 aliphatic heterocycles. The lowest BCUT2D eigenvalue weighted by Gasteiger charge is -2.19. The van der Waals surface area contributed by atoms with Crippen LogP contribution in [0.2, 0.25) is 0 Å². The number of amidine groups is 2. The molecule has 0 amide bonds. The van der Waals surface area contributed by atoms with E-state index in [1.807, 2.05) is 24.3 Å². The van der Waals surface area contributed by atoms with E-state index in [1.165, 1.54) is 0 Å². The number of nitrogens with one attached hydrogen (secondary N) is 2. The molecule has 0 saturated carbocycles. The standard InChI is InChI=1S/C27H36N4O2/c1-20(18-32-24-9-5-22(6-10-24)26-28-13-3-14-29-26)17-21(2)19-33-25-11-7-23(8-12-25)27-30-15-4-16-31-27/h5-12,20-21H,3-4,13-19H2,1-2H3,(H,28,29)(H,30,31)/t20-,21?/m0/s1. The van der Waals surface area contributed by atoms with Gasteiger partial charge in [0.25, 0.3) is 0 Å². The molecule has 6 heteroatoms. The van der Waals surface area contributed by atoms with Crippen LogP contribution in [0.1, 0.15) is 44.2 Å². The van der Waals surface area contributed by atoms with Crippen LogP contribution in [0.4, 0.5) is 0 Å². The second kappa shape index (κ2) is 11.7. The molecule has 2 N–H and O–H groups in total. The third-order valence-electron chi connectivity index (χ3n) is 5.92. The van der Waals surface area contributed by atoms with Crippen LogP contribution in [-0.2, 0) is 0 Å². The van der Waals surface area contributed by atoms with Gasteiger partial charge in [-0.3, -0.25) is 9.98 Å². The molecule has 6 nitrogen and oxygen atoms in total. The van der Waals surface area contributed by atoms with Gasteiger partial charge < -0.3 is 20.1 Å². The number of hydrogen-bond acceptors (Lipinski definition) is 6. The van der Waals surface area contributed by atoms with Crippen molar-refractivity contribution in [3.05, 3.63) is 59.7 Å². The van der Waals surface area contributed by atoms with Crippen molar-refractivity contribution in [1.82, 2.24) is 10.6 Å². The van der Waals surface area contributed by atoms with E-state index < -0.39 is 0 Å². The topological polar surface area (TPSA) is 67.2 Å². The lowest BCUT2D eigenvalue weighted by molar-refractivity contribution is 0.198. The second-order valence-corrected chi connectivity index (χ2v) is 9.14. The van der Waals surface area contributed by atoms with Crippen LogP contribution in [0.5, 0.6) is 11.5 Å². The van der Waals surface area contributed by atoms with Crippen molar-refractivity contribution in [2.45, 2.75) is 33.1 Å². The molecule has 0 aromatic heterocycles. The summed E-state index contributed by atoms with van der Waals surface area (Å²) >= 11 is 0. The smallest absolute Gasteiger partial charge is 0.128 e. The number of aliphatic imine (C=N–C) groups is 2. The molecule has 2 atom stereocenters. The fraction of sp³-hybridized carbons (Fsp3) is 0.481. The maximum Gasteiger partial charge on any atom is 0.128 e. The Balaban J connectivity index is 1.17. The van der Waals surface area contributed by atoms with Gasteiger partial charge in [-0.2, -0.15) is 0 Å². The van der Waals surface area contributed by atoms with Gasteiger partial charge in [0.2, 0.25) is 0 Å². The molecule has 0 aliphatic carbocycles. The highest BCUT2D eigenvalue weighted by atomic mass is 16.5. The van der Waals surface area contributed by atoms with Gasteiger partial charge in [-0.1, -0.05) is 13.8 Å². The minimum atomic E-state index is 0.449. The molecule has 33 heavy (non-hydrogen) atoms. The van der Waals surface area contributed by atoms with Crippen LogP contribution >= 0.6 is 0 Å². The number of nitrogens with zero attached hydrogens (tertiary/aromatic N) is 2. The molecule has 0 fully saturated rings. The van der Waals surface area contributed by atoms with Gasteiger partial charge in [0.15, 0.2) is 0 Å². The Hall–Kier alpha value is -3.02. The number of ether oxygens (including phenoxy) is 2. The lowest BCUT2D eigenvalue weighted by Crippen LogP contribution is -2.30. The predicted octanol–water partition coefficient (Wildman–Crippen LogP) is 4.29. The lowest BCUT2D eigenvalue weighted by atomic mass is 9.99. The van der Waals surface area contributed by atoms with Crippen LogP contribution in [0.15, 0.2) is 58.5 Å². The van der Waals surface area contributed by atoms with Crippen molar-refractivity contribution in [3.63, 3.8) is 0 Å². The Morgan fingerprint density at radius 3 is 1.48 bits per heavy atom. The van der Waals surface area contributed by atoms with Gasteiger partial charge in [0.05, 0.1) is 13.2 Å². The molecule has 0 radical (unpaired) electrons. The Morgan fingerprint density at radius 2 is 1.12 bits per heavy atom. The summed E-state index contributed by atoms with van der Waals surface area (Å²) in [6.07, 6.45) is 3.26.